The molecule has 0 fully saturated rings. The standard InChI is InChI=1S/C21H13N5O3S/c22-10-15-17(12-4-2-1-3-5-12)18-16(24-19(15)23)11-25(21(18)30)20(27)13-6-8-14(9-7-13)26(28)29/h1-9H,11H2,(H2,23,24). The predicted molar refractivity (Wildman–Crippen MR) is 113 cm³/mol. The van der Waals surface area contributed by atoms with Gasteiger partial charge in [0, 0.05) is 28.8 Å². The molecule has 2 aromatic carbocycles. The first kappa shape index (κ1) is 19.2. The number of fused-ring (bicyclic) bond motifs is 1. The van der Waals surface area contributed by atoms with E-state index in [2.05, 4.69) is 11.1 Å². The second-order valence-corrected chi connectivity index (χ2v) is 6.93. The number of nitro groups is 1. The SMILES string of the molecule is N#Cc1c(N)nc2c(c1-c1ccccc1)C(=S)N(C(=O)c1ccc([N+](=O)[O-])cc1)C2. The summed E-state index contributed by atoms with van der Waals surface area (Å²) in [6.45, 7) is 0.0970. The highest BCUT2D eigenvalue weighted by Crippen LogP contribution is 2.37. The van der Waals surface area contributed by atoms with Gasteiger partial charge in [-0.3, -0.25) is 19.8 Å². The Morgan fingerprint density at radius 3 is 2.43 bits per heavy atom. The van der Waals surface area contributed by atoms with Crippen molar-refractivity contribution >= 4 is 34.6 Å². The van der Waals surface area contributed by atoms with Crippen molar-refractivity contribution in [2.75, 3.05) is 5.73 Å². The number of thiocarbonyl (C=S) groups is 1. The zero-order valence-electron chi connectivity index (χ0n) is 15.4. The number of hydrogen-bond acceptors (Lipinski definition) is 7. The third kappa shape index (κ3) is 3.05. The largest absolute Gasteiger partial charge is 0.383 e. The van der Waals surface area contributed by atoms with E-state index in [9.17, 15) is 20.2 Å². The third-order valence-corrected chi connectivity index (χ3v) is 5.24. The fourth-order valence-electron chi connectivity index (χ4n) is 3.41. The van der Waals surface area contributed by atoms with E-state index in [0.29, 0.717) is 16.8 Å². The van der Waals surface area contributed by atoms with Gasteiger partial charge >= 0.3 is 0 Å². The highest BCUT2D eigenvalue weighted by atomic mass is 32.1. The van der Waals surface area contributed by atoms with Crippen LogP contribution < -0.4 is 5.73 Å². The number of nitrogen functional groups attached to an aromatic ring is 1. The Labute approximate surface area is 176 Å². The lowest BCUT2D eigenvalue weighted by Crippen LogP contribution is -2.30. The van der Waals surface area contributed by atoms with Crippen molar-refractivity contribution in [3.8, 4) is 17.2 Å². The molecule has 0 bridgehead atoms. The molecule has 146 valence electrons. The number of carbonyl (C=O) groups excluding carboxylic acids is 1. The van der Waals surface area contributed by atoms with E-state index in [-0.39, 0.29) is 34.2 Å². The van der Waals surface area contributed by atoms with Gasteiger partial charge in [-0.05, 0) is 17.7 Å². The van der Waals surface area contributed by atoms with E-state index >= 15 is 0 Å². The number of rotatable bonds is 3. The van der Waals surface area contributed by atoms with Crippen molar-refractivity contribution in [3.63, 3.8) is 0 Å². The summed E-state index contributed by atoms with van der Waals surface area (Å²) < 4.78 is 0. The molecule has 0 aliphatic carbocycles. The van der Waals surface area contributed by atoms with Crippen LogP contribution >= 0.6 is 12.2 Å². The molecule has 0 saturated carbocycles. The Balaban J connectivity index is 1.79. The molecule has 3 aromatic rings. The molecule has 4 rings (SSSR count). The summed E-state index contributed by atoms with van der Waals surface area (Å²) in [6, 6.07) is 16.6. The number of aromatic nitrogens is 1. The minimum atomic E-state index is -0.535. The van der Waals surface area contributed by atoms with Gasteiger partial charge in [0.05, 0.1) is 17.2 Å². The van der Waals surface area contributed by atoms with Gasteiger partial charge < -0.3 is 5.73 Å². The van der Waals surface area contributed by atoms with Gasteiger partial charge in [-0.25, -0.2) is 4.98 Å². The monoisotopic (exact) mass is 415 g/mol. The summed E-state index contributed by atoms with van der Waals surface area (Å²) >= 11 is 5.58. The molecule has 0 spiro atoms. The van der Waals surface area contributed by atoms with E-state index in [0.717, 1.165) is 5.56 Å². The second-order valence-electron chi connectivity index (χ2n) is 6.55. The molecule has 1 aliphatic rings. The number of nitrogens with zero attached hydrogens (tertiary/aromatic N) is 4. The zero-order valence-corrected chi connectivity index (χ0v) is 16.2. The van der Waals surface area contributed by atoms with Crippen molar-refractivity contribution in [1.29, 1.82) is 5.26 Å². The first-order chi connectivity index (χ1) is 14.4. The van der Waals surface area contributed by atoms with Crippen LogP contribution in [0.5, 0.6) is 0 Å². The normalized spacial score (nSPS) is 12.4. The summed E-state index contributed by atoms with van der Waals surface area (Å²) in [4.78, 5) is 29.3. The summed E-state index contributed by atoms with van der Waals surface area (Å²) in [6.07, 6.45) is 0. The maximum Gasteiger partial charge on any atom is 0.269 e. The number of nitro benzene ring substituents is 1. The third-order valence-electron chi connectivity index (χ3n) is 4.81. The predicted octanol–water partition coefficient (Wildman–Crippen LogP) is 3.44. The number of pyridine rings is 1. The number of carbonyl (C=O) groups is 1. The van der Waals surface area contributed by atoms with Gasteiger partial charge in [0.15, 0.2) is 0 Å². The maximum absolute atomic E-state index is 13.0. The number of anilines is 1. The summed E-state index contributed by atoms with van der Waals surface area (Å²) in [7, 11) is 0. The van der Waals surface area contributed by atoms with Crippen LogP contribution in [0.2, 0.25) is 0 Å². The van der Waals surface area contributed by atoms with Gasteiger partial charge in [-0.2, -0.15) is 5.26 Å². The molecule has 0 saturated heterocycles. The number of hydrogen-bond donors (Lipinski definition) is 1. The Hall–Kier alpha value is -4.16. The second kappa shape index (κ2) is 7.35. The molecule has 1 aliphatic heterocycles. The van der Waals surface area contributed by atoms with Crippen molar-refractivity contribution in [2.24, 2.45) is 0 Å². The minimum Gasteiger partial charge on any atom is -0.383 e. The molecular weight excluding hydrogens is 402 g/mol. The Kier molecular flexibility index (Phi) is 4.69. The lowest BCUT2D eigenvalue weighted by molar-refractivity contribution is -0.384. The highest BCUT2D eigenvalue weighted by molar-refractivity contribution is 7.80. The Morgan fingerprint density at radius 1 is 1.17 bits per heavy atom. The average molecular weight is 415 g/mol. The number of nitrogens with two attached hydrogens (primary N) is 1. The van der Waals surface area contributed by atoms with E-state index in [1.807, 2.05) is 30.3 Å². The molecule has 0 radical (unpaired) electrons. The number of nitriles is 1. The van der Waals surface area contributed by atoms with Crippen LogP contribution in [-0.4, -0.2) is 25.7 Å². The number of amides is 1. The van der Waals surface area contributed by atoms with Crippen LogP contribution in [-0.2, 0) is 6.54 Å². The number of benzene rings is 2. The average Bonchev–Trinajstić information content (AvgIpc) is 3.08. The fraction of sp³-hybridized carbons (Fsp3) is 0.0476. The summed E-state index contributed by atoms with van der Waals surface area (Å²) in [5, 5.41) is 20.5. The smallest absolute Gasteiger partial charge is 0.269 e. The molecule has 0 atom stereocenters. The lowest BCUT2D eigenvalue weighted by atomic mass is 9.95. The zero-order chi connectivity index (χ0) is 21.4. The van der Waals surface area contributed by atoms with Crippen LogP contribution in [0.25, 0.3) is 11.1 Å². The molecule has 30 heavy (non-hydrogen) atoms. The first-order valence-corrected chi connectivity index (χ1v) is 9.21. The van der Waals surface area contributed by atoms with E-state index in [4.69, 9.17) is 18.0 Å². The summed E-state index contributed by atoms with van der Waals surface area (Å²) in [5.74, 6) is -0.341. The molecule has 8 nitrogen and oxygen atoms in total. The summed E-state index contributed by atoms with van der Waals surface area (Å²) in [5.41, 5.74) is 8.68. The van der Waals surface area contributed by atoms with E-state index < -0.39 is 10.8 Å². The van der Waals surface area contributed by atoms with Crippen LogP contribution in [0.15, 0.2) is 54.6 Å². The molecular formula is C21H13N5O3S. The molecule has 2 heterocycles. The fourth-order valence-corrected chi connectivity index (χ4v) is 3.78. The molecule has 9 heteroatoms. The van der Waals surface area contributed by atoms with Crippen molar-refractivity contribution < 1.29 is 9.72 Å². The van der Waals surface area contributed by atoms with E-state index in [1.54, 1.807) is 0 Å². The van der Waals surface area contributed by atoms with Crippen molar-refractivity contribution in [2.45, 2.75) is 6.54 Å². The van der Waals surface area contributed by atoms with Crippen molar-refractivity contribution in [1.82, 2.24) is 9.88 Å². The lowest BCUT2D eigenvalue weighted by Gasteiger charge is -2.16. The van der Waals surface area contributed by atoms with E-state index in [1.165, 1.54) is 29.2 Å². The van der Waals surface area contributed by atoms with Crippen LogP contribution in [0, 0.1) is 21.4 Å². The quantitative estimate of drug-likeness (QED) is 0.394. The minimum absolute atomic E-state index is 0.0718. The molecule has 0 unspecified atom stereocenters. The van der Waals surface area contributed by atoms with Crippen LogP contribution in [0.4, 0.5) is 11.5 Å². The molecule has 1 amide bonds. The first-order valence-electron chi connectivity index (χ1n) is 8.81. The van der Waals surface area contributed by atoms with Gasteiger partial charge in [0.2, 0.25) is 0 Å². The molecule has 1 aromatic heterocycles. The van der Waals surface area contributed by atoms with Gasteiger partial charge in [0.25, 0.3) is 11.6 Å². The maximum atomic E-state index is 13.0. The Bertz CT molecular complexity index is 1250. The van der Waals surface area contributed by atoms with Crippen molar-refractivity contribution in [3.05, 3.63) is 87.1 Å². The number of non-ortho nitro benzene ring substituents is 1. The topological polar surface area (TPSA) is 126 Å². The highest BCUT2D eigenvalue weighted by Gasteiger charge is 2.35. The molecule has 2 N–H and O–H groups in total. The Morgan fingerprint density at radius 2 is 1.83 bits per heavy atom. The van der Waals surface area contributed by atoms with Crippen LogP contribution in [0.1, 0.15) is 27.2 Å². The van der Waals surface area contributed by atoms with Gasteiger partial charge in [0.1, 0.15) is 22.4 Å². The van der Waals surface area contributed by atoms with Crippen LogP contribution in [0.3, 0.4) is 0 Å². The van der Waals surface area contributed by atoms with Gasteiger partial charge in [-0.1, -0.05) is 42.5 Å². The van der Waals surface area contributed by atoms with Gasteiger partial charge in [-0.15, -0.1) is 0 Å².